The molecule has 0 bridgehead atoms. The van der Waals surface area contributed by atoms with Gasteiger partial charge in [0.2, 0.25) is 5.95 Å². The number of nitrogens with one attached hydrogen (secondary N) is 1. The SMILES string of the molecule is CCCCCNc1ncc(C(=O)N2CCc3cc(OC)c(OC)cc3C2)cn1. The zero-order valence-corrected chi connectivity index (χ0v) is 16.8. The maximum Gasteiger partial charge on any atom is 0.257 e. The third-order valence-electron chi connectivity index (χ3n) is 4.97. The fourth-order valence-corrected chi connectivity index (χ4v) is 3.34. The predicted octanol–water partition coefficient (Wildman–Crippen LogP) is 3.29. The van der Waals surface area contributed by atoms with E-state index >= 15 is 0 Å². The van der Waals surface area contributed by atoms with E-state index in [-0.39, 0.29) is 5.91 Å². The molecular formula is C21H28N4O3. The molecule has 0 spiro atoms. The van der Waals surface area contributed by atoms with Crippen molar-refractivity contribution < 1.29 is 14.3 Å². The van der Waals surface area contributed by atoms with Crippen LogP contribution in [-0.2, 0) is 13.0 Å². The third-order valence-corrected chi connectivity index (χ3v) is 4.97. The van der Waals surface area contributed by atoms with Crippen molar-refractivity contribution in [3.8, 4) is 11.5 Å². The van der Waals surface area contributed by atoms with E-state index in [1.807, 2.05) is 17.0 Å². The second-order valence-corrected chi connectivity index (χ2v) is 6.88. The zero-order valence-electron chi connectivity index (χ0n) is 16.8. The molecule has 0 aliphatic carbocycles. The number of hydrogen-bond acceptors (Lipinski definition) is 6. The molecule has 150 valence electrons. The van der Waals surface area contributed by atoms with Crippen molar-refractivity contribution in [1.82, 2.24) is 14.9 Å². The van der Waals surface area contributed by atoms with E-state index < -0.39 is 0 Å². The van der Waals surface area contributed by atoms with Crippen LogP contribution in [0.15, 0.2) is 24.5 Å². The van der Waals surface area contributed by atoms with Gasteiger partial charge in [0.1, 0.15) is 0 Å². The number of ether oxygens (including phenoxy) is 2. The fourth-order valence-electron chi connectivity index (χ4n) is 3.34. The molecule has 1 aliphatic heterocycles. The van der Waals surface area contributed by atoms with Crippen molar-refractivity contribution in [2.75, 3.05) is 32.6 Å². The molecule has 2 heterocycles. The number of carbonyl (C=O) groups excluding carboxylic acids is 1. The molecule has 1 amide bonds. The van der Waals surface area contributed by atoms with Crippen LogP contribution in [0, 0.1) is 0 Å². The van der Waals surface area contributed by atoms with Gasteiger partial charge in [0.05, 0.1) is 19.8 Å². The average Bonchev–Trinajstić information content (AvgIpc) is 2.75. The largest absolute Gasteiger partial charge is 0.493 e. The minimum absolute atomic E-state index is 0.0574. The van der Waals surface area contributed by atoms with Gasteiger partial charge in [-0.05, 0) is 36.1 Å². The van der Waals surface area contributed by atoms with Crippen LogP contribution >= 0.6 is 0 Å². The molecule has 0 fully saturated rings. The topological polar surface area (TPSA) is 76.6 Å². The molecule has 1 aliphatic rings. The molecule has 1 aromatic heterocycles. The summed E-state index contributed by atoms with van der Waals surface area (Å²) in [5, 5.41) is 3.19. The number of amides is 1. The highest BCUT2D eigenvalue weighted by Gasteiger charge is 2.24. The van der Waals surface area contributed by atoms with Crippen LogP contribution in [0.4, 0.5) is 5.95 Å². The number of carbonyl (C=O) groups is 1. The Labute approximate surface area is 166 Å². The van der Waals surface area contributed by atoms with Gasteiger partial charge < -0.3 is 19.7 Å². The predicted molar refractivity (Wildman–Crippen MR) is 108 cm³/mol. The highest BCUT2D eigenvalue weighted by Crippen LogP contribution is 2.33. The number of nitrogens with zero attached hydrogens (tertiary/aromatic N) is 3. The molecule has 28 heavy (non-hydrogen) atoms. The number of anilines is 1. The van der Waals surface area contributed by atoms with E-state index in [9.17, 15) is 4.79 Å². The first-order valence-corrected chi connectivity index (χ1v) is 9.75. The standard InChI is InChI=1S/C21H28N4O3/c1-4-5-6-8-22-21-23-12-17(13-24-21)20(26)25-9-7-15-10-18(27-2)19(28-3)11-16(15)14-25/h10-13H,4-9,14H2,1-3H3,(H,22,23,24). The number of benzene rings is 1. The lowest BCUT2D eigenvalue weighted by atomic mass is 9.98. The lowest BCUT2D eigenvalue weighted by Gasteiger charge is -2.29. The molecular weight excluding hydrogens is 356 g/mol. The van der Waals surface area contributed by atoms with E-state index in [0.717, 1.165) is 30.7 Å². The van der Waals surface area contributed by atoms with Gasteiger partial charge in [0.25, 0.3) is 5.91 Å². The monoisotopic (exact) mass is 384 g/mol. The summed E-state index contributed by atoms with van der Waals surface area (Å²) in [7, 11) is 3.25. The van der Waals surface area contributed by atoms with Crippen LogP contribution in [0.1, 0.15) is 47.7 Å². The van der Waals surface area contributed by atoms with Crippen LogP contribution in [0.5, 0.6) is 11.5 Å². The molecule has 0 saturated carbocycles. The smallest absolute Gasteiger partial charge is 0.257 e. The van der Waals surface area contributed by atoms with E-state index in [1.165, 1.54) is 18.4 Å². The molecule has 3 rings (SSSR count). The molecule has 7 nitrogen and oxygen atoms in total. The van der Waals surface area contributed by atoms with Gasteiger partial charge in [0, 0.05) is 32.0 Å². The number of methoxy groups -OCH3 is 2. The Morgan fingerprint density at radius 1 is 1.11 bits per heavy atom. The zero-order chi connectivity index (χ0) is 19.9. The summed E-state index contributed by atoms with van der Waals surface area (Å²) in [6.45, 7) is 4.20. The number of hydrogen-bond donors (Lipinski definition) is 1. The van der Waals surface area contributed by atoms with Gasteiger partial charge in [-0.15, -0.1) is 0 Å². The molecule has 1 aromatic carbocycles. The summed E-state index contributed by atoms with van der Waals surface area (Å²) in [5.41, 5.74) is 2.76. The first-order chi connectivity index (χ1) is 13.7. The van der Waals surface area contributed by atoms with Crippen LogP contribution in [0.25, 0.3) is 0 Å². The Bertz CT molecular complexity index is 808. The Hall–Kier alpha value is -2.83. The van der Waals surface area contributed by atoms with E-state index in [1.54, 1.807) is 26.6 Å². The maximum atomic E-state index is 12.9. The number of fused-ring (bicyclic) bond motifs is 1. The van der Waals surface area contributed by atoms with Crippen molar-refractivity contribution in [3.05, 3.63) is 41.2 Å². The van der Waals surface area contributed by atoms with Gasteiger partial charge in [-0.1, -0.05) is 19.8 Å². The minimum Gasteiger partial charge on any atom is -0.493 e. The second-order valence-electron chi connectivity index (χ2n) is 6.88. The molecule has 0 radical (unpaired) electrons. The Balaban J connectivity index is 1.65. The van der Waals surface area contributed by atoms with Crippen molar-refractivity contribution >= 4 is 11.9 Å². The van der Waals surface area contributed by atoms with Crippen molar-refractivity contribution in [1.29, 1.82) is 0 Å². The second kappa shape index (κ2) is 9.39. The molecule has 0 saturated heterocycles. The molecule has 7 heteroatoms. The van der Waals surface area contributed by atoms with E-state index in [4.69, 9.17) is 9.47 Å². The Morgan fingerprint density at radius 2 is 1.79 bits per heavy atom. The maximum absolute atomic E-state index is 12.9. The first kappa shape index (κ1) is 19.9. The van der Waals surface area contributed by atoms with Crippen LogP contribution in [-0.4, -0.2) is 48.1 Å². The summed E-state index contributed by atoms with van der Waals surface area (Å²) in [6, 6.07) is 3.95. The Morgan fingerprint density at radius 3 is 2.43 bits per heavy atom. The van der Waals surface area contributed by atoms with Crippen molar-refractivity contribution in [2.45, 2.75) is 39.2 Å². The number of aromatic nitrogens is 2. The van der Waals surface area contributed by atoms with Crippen LogP contribution in [0.3, 0.4) is 0 Å². The van der Waals surface area contributed by atoms with Crippen LogP contribution in [0.2, 0.25) is 0 Å². The fraction of sp³-hybridized carbons (Fsp3) is 0.476. The van der Waals surface area contributed by atoms with E-state index in [0.29, 0.717) is 30.4 Å². The summed E-state index contributed by atoms with van der Waals surface area (Å²) in [4.78, 5) is 23.2. The first-order valence-electron chi connectivity index (χ1n) is 9.75. The molecule has 1 N–H and O–H groups in total. The highest BCUT2D eigenvalue weighted by molar-refractivity contribution is 5.93. The van der Waals surface area contributed by atoms with Gasteiger partial charge >= 0.3 is 0 Å². The summed E-state index contributed by atoms with van der Waals surface area (Å²) in [6.07, 6.45) is 7.41. The minimum atomic E-state index is -0.0574. The normalized spacial score (nSPS) is 13.0. The van der Waals surface area contributed by atoms with E-state index in [2.05, 4.69) is 22.2 Å². The van der Waals surface area contributed by atoms with Crippen molar-refractivity contribution in [3.63, 3.8) is 0 Å². The third kappa shape index (κ3) is 4.52. The van der Waals surface area contributed by atoms with Gasteiger partial charge in [-0.2, -0.15) is 0 Å². The van der Waals surface area contributed by atoms with Crippen LogP contribution < -0.4 is 14.8 Å². The molecule has 2 aromatic rings. The lowest BCUT2D eigenvalue weighted by Crippen LogP contribution is -2.36. The number of unbranched alkanes of at least 4 members (excludes halogenated alkanes) is 2. The van der Waals surface area contributed by atoms with Crippen molar-refractivity contribution in [2.24, 2.45) is 0 Å². The van der Waals surface area contributed by atoms with Gasteiger partial charge in [0.15, 0.2) is 11.5 Å². The van der Waals surface area contributed by atoms with Gasteiger partial charge in [-0.3, -0.25) is 4.79 Å². The highest BCUT2D eigenvalue weighted by atomic mass is 16.5. The molecule has 0 unspecified atom stereocenters. The summed E-state index contributed by atoms with van der Waals surface area (Å²) >= 11 is 0. The lowest BCUT2D eigenvalue weighted by molar-refractivity contribution is 0.0733. The van der Waals surface area contributed by atoms with Gasteiger partial charge in [-0.25, -0.2) is 9.97 Å². The molecule has 0 atom stereocenters. The quantitative estimate of drug-likeness (QED) is 0.704. The Kier molecular flexibility index (Phi) is 6.68. The average molecular weight is 384 g/mol. The summed E-state index contributed by atoms with van der Waals surface area (Å²) < 4.78 is 10.8. The summed E-state index contributed by atoms with van der Waals surface area (Å²) in [5.74, 6) is 1.90. The number of rotatable bonds is 8.